The van der Waals surface area contributed by atoms with Gasteiger partial charge in [0.1, 0.15) is 0 Å². The Hall–Kier alpha value is -0.520. The molecule has 0 aliphatic heterocycles. The number of rotatable bonds is 7. The van der Waals surface area contributed by atoms with Crippen molar-refractivity contribution in [1.82, 2.24) is 5.32 Å². The molecular weight excluding hydrogens is 222 g/mol. The lowest BCUT2D eigenvalue weighted by Gasteiger charge is -2.28. The van der Waals surface area contributed by atoms with Crippen molar-refractivity contribution in [2.24, 2.45) is 11.3 Å². The van der Waals surface area contributed by atoms with Gasteiger partial charge in [0.25, 0.3) is 0 Å². The van der Waals surface area contributed by atoms with E-state index in [1.807, 2.05) is 0 Å². The third-order valence-corrected chi connectivity index (χ3v) is 2.77. The molecule has 0 fully saturated rings. The minimum absolute atomic E-state index is 0.0791. The van der Waals surface area contributed by atoms with E-state index in [1.165, 1.54) is 0 Å². The summed E-state index contributed by atoms with van der Waals surface area (Å²) in [6.07, 6.45) is 2.22. The van der Waals surface area contributed by atoms with Gasteiger partial charge < -0.3 is 10.1 Å². The second-order valence-corrected chi connectivity index (χ2v) is 6.26. The number of hydrogen-bond donors (Lipinski definition) is 1. The predicted octanol–water partition coefficient (Wildman–Crippen LogP) is 3.47. The largest absolute Gasteiger partial charge is 0.380 e. The van der Waals surface area contributed by atoms with Crippen LogP contribution >= 0.6 is 0 Å². The van der Waals surface area contributed by atoms with Gasteiger partial charge in [0.15, 0.2) is 0 Å². The molecule has 0 aromatic rings. The lowest BCUT2D eigenvalue weighted by Crippen LogP contribution is -2.43. The molecule has 0 saturated heterocycles. The van der Waals surface area contributed by atoms with E-state index in [0.29, 0.717) is 12.0 Å². The molecule has 106 valence electrons. The minimum atomic E-state index is 0.0791. The van der Waals surface area contributed by atoms with Gasteiger partial charge in [-0.3, -0.25) is 0 Å². The second-order valence-electron chi connectivity index (χ2n) is 6.26. The summed E-state index contributed by atoms with van der Waals surface area (Å²) in [5, 5.41) is 3.56. The highest BCUT2D eigenvalue weighted by atomic mass is 16.5. The molecule has 0 rings (SSSR count). The minimum Gasteiger partial charge on any atom is -0.380 e. The molecule has 0 spiro atoms. The van der Waals surface area contributed by atoms with Gasteiger partial charge in [-0.25, -0.2) is 0 Å². The second kappa shape index (κ2) is 8.56. The van der Waals surface area contributed by atoms with Crippen molar-refractivity contribution in [3.8, 4) is 11.8 Å². The van der Waals surface area contributed by atoms with Gasteiger partial charge in [-0.2, -0.15) is 0 Å². The summed E-state index contributed by atoms with van der Waals surface area (Å²) in [5.41, 5.74) is 0.0791. The van der Waals surface area contributed by atoms with E-state index in [4.69, 9.17) is 4.74 Å². The van der Waals surface area contributed by atoms with Crippen molar-refractivity contribution < 1.29 is 4.74 Å². The molecule has 0 aromatic heterocycles. The molecule has 2 nitrogen and oxygen atoms in total. The summed E-state index contributed by atoms with van der Waals surface area (Å²) in [6.45, 7) is 14.0. The first-order valence-corrected chi connectivity index (χ1v) is 7.08. The lowest BCUT2D eigenvalue weighted by molar-refractivity contribution is 0.0346. The molecule has 0 amide bonds. The lowest BCUT2D eigenvalue weighted by atomic mass is 9.94. The molecule has 0 heterocycles. The Labute approximate surface area is 114 Å². The number of hydrogen-bond acceptors (Lipinski definition) is 2. The molecule has 0 aliphatic rings. The van der Waals surface area contributed by atoms with Crippen LogP contribution in [0, 0.1) is 23.2 Å². The van der Waals surface area contributed by atoms with Crippen LogP contribution in [0.3, 0.4) is 0 Å². The van der Waals surface area contributed by atoms with Gasteiger partial charge in [-0.05, 0) is 39.7 Å². The van der Waals surface area contributed by atoms with Gasteiger partial charge in [0.05, 0.1) is 6.10 Å². The Morgan fingerprint density at radius 3 is 2.22 bits per heavy atom. The molecule has 0 aromatic carbocycles. The molecule has 0 aliphatic carbocycles. The number of ether oxygens (including phenoxy) is 1. The highest BCUT2D eigenvalue weighted by Gasteiger charge is 2.23. The molecule has 2 atom stereocenters. The van der Waals surface area contributed by atoms with E-state index < -0.39 is 0 Å². The predicted molar refractivity (Wildman–Crippen MR) is 79.6 cm³/mol. The van der Waals surface area contributed by atoms with Crippen LogP contribution < -0.4 is 5.32 Å². The Morgan fingerprint density at radius 2 is 1.83 bits per heavy atom. The van der Waals surface area contributed by atoms with Crippen LogP contribution in [0.25, 0.3) is 0 Å². The van der Waals surface area contributed by atoms with Crippen molar-refractivity contribution in [2.45, 2.75) is 66.5 Å². The monoisotopic (exact) mass is 253 g/mol. The fraction of sp³-hybridized carbons (Fsp3) is 0.875. The van der Waals surface area contributed by atoms with Crippen molar-refractivity contribution in [1.29, 1.82) is 0 Å². The average molecular weight is 253 g/mol. The molecular formula is C16H31NO. The van der Waals surface area contributed by atoms with Gasteiger partial charge in [0, 0.05) is 25.0 Å². The SMILES string of the molecule is CCCNC(CC#CC(C)(C)C)C(OC)C(C)C. The quantitative estimate of drug-likeness (QED) is 0.702. The molecule has 0 radical (unpaired) electrons. The van der Waals surface area contributed by atoms with Crippen molar-refractivity contribution in [3.05, 3.63) is 0 Å². The van der Waals surface area contributed by atoms with Crippen molar-refractivity contribution >= 4 is 0 Å². The zero-order valence-electron chi connectivity index (χ0n) is 13.3. The summed E-state index contributed by atoms with van der Waals surface area (Å²) in [7, 11) is 1.79. The first kappa shape index (κ1) is 17.5. The van der Waals surface area contributed by atoms with Gasteiger partial charge >= 0.3 is 0 Å². The fourth-order valence-electron chi connectivity index (χ4n) is 1.96. The zero-order chi connectivity index (χ0) is 14.2. The van der Waals surface area contributed by atoms with Crippen LogP contribution in [0.2, 0.25) is 0 Å². The number of nitrogens with one attached hydrogen (secondary N) is 1. The van der Waals surface area contributed by atoms with Gasteiger partial charge in [-0.15, -0.1) is 5.92 Å². The summed E-state index contributed by atoms with van der Waals surface area (Å²) in [6, 6.07) is 0.324. The van der Waals surface area contributed by atoms with Crippen molar-refractivity contribution in [2.75, 3.05) is 13.7 Å². The Balaban J connectivity index is 4.60. The standard InChI is InChI=1S/C16H31NO/c1-8-12-17-14(15(18-7)13(2)3)10-9-11-16(4,5)6/h13-15,17H,8,10,12H2,1-7H3. The van der Waals surface area contributed by atoms with E-state index in [2.05, 4.69) is 58.7 Å². The average Bonchev–Trinajstić information content (AvgIpc) is 2.23. The zero-order valence-corrected chi connectivity index (χ0v) is 13.3. The number of methoxy groups -OCH3 is 1. The molecule has 1 N–H and O–H groups in total. The van der Waals surface area contributed by atoms with Crippen LogP contribution in [-0.4, -0.2) is 25.8 Å². The Kier molecular flexibility index (Phi) is 8.31. The van der Waals surface area contributed by atoms with Crippen LogP contribution in [-0.2, 0) is 4.74 Å². The third kappa shape index (κ3) is 7.74. The van der Waals surface area contributed by atoms with E-state index in [9.17, 15) is 0 Å². The fourth-order valence-corrected chi connectivity index (χ4v) is 1.96. The summed E-state index contributed by atoms with van der Waals surface area (Å²) in [5.74, 6) is 7.11. The molecule has 0 saturated carbocycles. The van der Waals surface area contributed by atoms with Crippen molar-refractivity contribution in [3.63, 3.8) is 0 Å². The van der Waals surface area contributed by atoms with E-state index in [0.717, 1.165) is 19.4 Å². The van der Waals surface area contributed by atoms with E-state index in [-0.39, 0.29) is 11.5 Å². The van der Waals surface area contributed by atoms with Gasteiger partial charge in [-0.1, -0.05) is 26.7 Å². The van der Waals surface area contributed by atoms with E-state index in [1.54, 1.807) is 7.11 Å². The van der Waals surface area contributed by atoms with Crippen LogP contribution in [0.1, 0.15) is 54.4 Å². The maximum Gasteiger partial charge on any atom is 0.0756 e. The van der Waals surface area contributed by atoms with Crippen LogP contribution in [0.5, 0.6) is 0 Å². The highest BCUT2D eigenvalue weighted by Crippen LogP contribution is 2.14. The van der Waals surface area contributed by atoms with Crippen LogP contribution in [0.15, 0.2) is 0 Å². The summed E-state index contributed by atoms with van der Waals surface area (Å²) in [4.78, 5) is 0. The summed E-state index contributed by atoms with van der Waals surface area (Å²) >= 11 is 0. The first-order valence-electron chi connectivity index (χ1n) is 7.08. The normalized spacial score (nSPS) is 15.1. The molecule has 18 heavy (non-hydrogen) atoms. The summed E-state index contributed by atoms with van der Waals surface area (Å²) < 4.78 is 5.62. The van der Waals surface area contributed by atoms with E-state index >= 15 is 0 Å². The molecule has 2 heteroatoms. The maximum atomic E-state index is 5.62. The Morgan fingerprint density at radius 1 is 1.22 bits per heavy atom. The smallest absolute Gasteiger partial charge is 0.0756 e. The Bertz CT molecular complexity index is 267. The topological polar surface area (TPSA) is 21.3 Å². The highest BCUT2D eigenvalue weighted by molar-refractivity contribution is 5.09. The molecule has 0 bridgehead atoms. The first-order chi connectivity index (χ1) is 8.31. The van der Waals surface area contributed by atoms with Crippen LogP contribution in [0.4, 0.5) is 0 Å². The third-order valence-electron chi connectivity index (χ3n) is 2.77. The maximum absolute atomic E-state index is 5.62. The molecule has 2 unspecified atom stereocenters. The van der Waals surface area contributed by atoms with Gasteiger partial charge in [0.2, 0.25) is 0 Å².